The highest BCUT2D eigenvalue weighted by Crippen LogP contribution is 2.25. The molecular weight excluding hydrogens is 326 g/mol. The lowest BCUT2D eigenvalue weighted by molar-refractivity contribution is 0.309. The summed E-state index contributed by atoms with van der Waals surface area (Å²) in [4.78, 5) is 0. The lowest BCUT2D eigenvalue weighted by Gasteiger charge is -2.30. The predicted octanol–water partition coefficient (Wildman–Crippen LogP) is 9.10. The van der Waals surface area contributed by atoms with Crippen LogP contribution in [0.15, 0.2) is 12.2 Å². The first-order valence-corrected chi connectivity index (χ1v) is 12.6. The van der Waals surface area contributed by atoms with Crippen LogP contribution in [0.3, 0.4) is 0 Å². The normalized spacial score (nSPS) is 12.3. The van der Waals surface area contributed by atoms with Crippen LogP contribution in [0.2, 0.25) is 0 Å². The fourth-order valence-corrected chi connectivity index (χ4v) is 3.98. The molecule has 1 heteroatoms. The van der Waals surface area contributed by atoms with Crippen molar-refractivity contribution < 1.29 is 0 Å². The summed E-state index contributed by atoms with van der Waals surface area (Å²) in [6.45, 7) is 6.85. The molecule has 0 rings (SSSR count). The average molecular weight is 380 g/mol. The second-order valence-corrected chi connectivity index (χ2v) is 8.90. The largest absolute Gasteiger partial charge is 0.325 e. The summed E-state index contributed by atoms with van der Waals surface area (Å²) < 4.78 is 0. The van der Waals surface area contributed by atoms with Crippen molar-refractivity contribution in [1.29, 1.82) is 0 Å². The minimum Gasteiger partial charge on any atom is -0.325 e. The van der Waals surface area contributed by atoms with E-state index in [-0.39, 0.29) is 5.54 Å². The first kappa shape index (κ1) is 26.7. The fourth-order valence-electron chi connectivity index (χ4n) is 3.98. The molecule has 2 N–H and O–H groups in total. The third kappa shape index (κ3) is 18.8. The summed E-state index contributed by atoms with van der Waals surface area (Å²) in [5.41, 5.74) is 6.85. The van der Waals surface area contributed by atoms with E-state index < -0.39 is 0 Å². The first-order valence-electron chi connectivity index (χ1n) is 12.6. The lowest BCUT2D eigenvalue weighted by Crippen LogP contribution is -2.39. The zero-order valence-corrected chi connectivity index (χ0v) is 19.4. The number of rotatable bonds is 21. The van der Waals surface area contributed by atoms with Gasteiger partial charge < -0.3 is 5.73 Å². The Kier molecular flexibility index (Phi) is 20.2. The number of hydrogen-bond donors (Lipinski definition) is 1. The maximum absolute atomic E-state index is 6.72. The molecule has 0 radical (unpaired) electrons. The molecule has 0 spiro atoms. The molecule has 0 fully saturated rings. The van der Waals surface area contributed by atoms with Crippen molar-refractivity contribution in [3.05, 3.63) is 12.2 Å². The Bertz CT molecular complexity index is 299. The molecule has 162 valence electrons. The molecule has 0 saturated carbocycles. The average Bonchev–Trinajstić information content (AvgIpc) is 2.68. The highest BCUT2D eigenvalue weighted by atomic mass is 14.7. The van der Waals surface area contributed by atoms with Crippen molar-refractivity contribution in [2.45, 2.75) is 155 Å². The standard InChI is InChI=1S/C26H53N/c1-4-7-10-11-12-13-14-15-16-17-18-19-20-21-22-25-26(27,23-8-5-2)24-9-6-3/h15-16H,4-14,17-25,27H2,1-3H3. The van der Waals surface area contributed by atoms with Crippen LogP contribution in [-0.2, 0) is 0 Å². The molecule has 0 aromatic heterocycles. The highest BCUT2D eigenvalue weighted by molar-refractivity contribution is 4.84. The molecule has 0 unspecified atom stereocenters. The van der Waals surface area contributed by atoms with Crippen LogP contribution in [-0.4, -0.2) is 5.54 Å². The van der Waals surface area contributed by atoms with Gasteiger partial charge in [-0.05, 0) is 44.9 Å². The second kappa shape index (κ2) is 20.4. The number of unbranched alkanes of at least 4 members (excludes halogenated alkanes) is 13. The lowest BCUT2D eigenvalue weighted by atomic mass is 9.83. The first-order chi connectivity index (χ1) is 13.2. The molecule has 0 aliphatic rings. The van der Waals surface area contributed by atoms with Crippen LogP contribution < -0.4 is 5.73 Å². The van der Waals surface area contributed by atoms with Crippen LogP contribution in [0.4, 0.5) is 0 Å². The zero-order chi connectivity index (χ0) is 20.1. The molecule has 0 atom stereocenters. The molecule has 27 heavy (non-hydrogen) atoms. The van der Waals surface area contributed by atoms with E-state index in [0.29, 0.717) is 0 Å². The van der Waals surface area contributed by atoms with Gasteiger partial charge in [-0.1, -0.05) is 116 Å². The summed E-state index contributed by atoms with van der Waals surface area (Å²) >= 11 is 0. The Morgan fingerprint density at radius 2 is 0.852 bits per heavy atom. The van der Waals surface area contributed by atoms with Crippen LogP contribution >= 0.6 is 0 Å². The van der Waals surface area contributed by atoms with Crippen molar-refractivity contribution in [1.82, 2.24) is 0 Å². The van der Waals surface area contributed by atoms with Crippen LogP contribution in [0.25, 0.3) is 0 Å². The Balaban J connectivity index is 3.52. The Labute approximate surface area is 173 Å². The van der Waals surface area contributed by atoms with Gasteiger partial charge in [0.15, 0.2) is 0 Å². The van der Waals surface area contributed by atoms with E-state index in [1.54, 1.807) is 0 Å². The Morgan fingerprint density at radius 1 is 0.481 bits per heavy atom. The zero-order valence-electron chi connectivity index (χ0n) is 19.4. The third-order valence-electron chi connectivity index (χ3n) is 5.99. The van der Waals surface area contributed by atoms with E-state index in [4.69, 9.17) is 5.73 Å². The minimum absolute atomic E-state index is 0.130. The van der Waals surface area contributed by atoms with Gasteiger partial charge in [0.25, 0.3) is 0 Å². The molecule has 0 aromatic carbocycles. The van der Waals surface area contributed by atoms with Crippen LogP contribution in [0.1, 0.15) is 149 Å². The van der Waals surface area contributed by atoms with E-state index in [0.717, 1.165) is 0 Å². The summed E-state index contributed by atoms with van der Waals surface area (Å²) in [5.74, 6) is 0. The minimum atomic E-state index is 0.130. The highest BCUT2D eigenvalue weighted by Gasteiger charge is 2.22. The quantitative estimate of drug-likeness (QED) is 0.156. The number of nitrogens with two attached hydrogens (primary N) is 1. The topological polar surface area (TPSA) is 26.0 Å². The summed E-state index contributed by atoms with van der Waals surface area (Å²) in [7, 11) is 0. The molecule has 0 aliphatic carbocycles. The van der Waals surface area contributed by atoms with Gasteiger partial charge in [-0.15, -0.1) is 0 Å². The van der Waals surface area contributed by atoms with E-state index in [1.165, 1.54) is 128 Å². The Hall–Kier alpha value is -0.300. The molecule has 0 amide bonds. The van der Waals surface area contributed by atoms with Gasteiger partial charge in [0.2, 0.25) is 0 Å². The molecule has 1 nitrogen and oxygen atoms in total. The molecule has 0 aromatic rings. The number of allylic oxidation sites excluding steroid dienone is 2. The van der Waals surface area contributed by atoms with Crippen molar-refractivity contribution in [3.8, 4) is 0 Å². The molecule has 0 heterocycles. The van der Waals surface area contributed by atoms with Gasteiger partial charge >= 0.3 is 0 Å². The van der Waals surface area contributed by atoms with E-state index in [1.807, 2.05) is 0 Å². The molecule has 0 saturated heterocycles. The van der Waals surface area contributed by atoms with E-state index in [9.17, 15) is 0 Å². The smallest absolute Gasteiger partial charge is 0.0154 e. The van der Waals surface area contributed by atoms with Gasteiger partial charge in [0.1, 0.15) is 0 Å². The van der Waals surface area contributed by atoms with Crippen molar-refractivity contribution in [2.75, 3.05) is 0 Å². The van der Waals surface area contributed by atoms with Gasteiger partial charge in [-0.3, -0.25) is 0 Å². The predicted molar refractivity (Wildman–Crippen MR) is 125 cm³/mol. The van der Waals surface area contributed by atoms with Crippen molar-refractivity contribution in [2.24, 2.45) is 5.73 Å². The third-order valence-corrected chi connectivity index (χ3v) is 5.99. The summed E-state index contributed by atoms with van der Waals surface area (Å²) in [6.07, 6.45) is 31.6. The summed E-state index contributed by atoms with van der Waals surface area (Å²) in [5, 5.41) is 0. The van der Waals surface area contributed by atoms with Crippen molar-refractivity contribution in [3.63, 3.8) is 0 Å². The van der Waals surface area contributed by atoms with Crippen LogP contribution in [0.5, 0.6) is 0 Å². The maximum Gasteiger partial charge on any atom is 0.0154 e. The van der Waals surface area contributed by atoms with Crippen LogP contribution in [0, 0.1) is 0 Å². The fraction of sp³-hybridized carbons (Fsp3) is 0.923. The van der Waals surface area contributed by atoms with Gasteiger partial charge in [-0.2, -0.15) is 0 Å². The molecular formula is C26H53N. The summed E-state index contributed by atoms with van der Waals surface area (Å²) in [6, 6.07) is 0. The van der Waals surface area contributed by atoms with Gasteiger partial charge in [-0.25, -0.2) is 0 Å². The van der Waals surface area contributed by atoms with Crippen molar-refractivity contribution >= 4 is 0 Å². The van der Waals surface area contributed by atoms with E-state index in [2.05, 4.69) is 32.9 Å². The van der Waals surface area contributed by atoms with Gasteiger partial charge in [0, 0.05) is 5.54 Å². The SMILES string of the molecule is CCCCCCCCC=CCCCCCCCC(N)(CCCC)CCCC. The molecule has 0 bridgehead atoms. The monoisotopic (exact) mass is 379 g/mol. The molecule has 0 aliphatic heterocycles. The van der Waals surface area contributed by atoms with E-state index >= 15 is 0 Å². The van der Waals surface area contributed by atoms with Gasteiger partial charge in [0.05, 0.1) is 0 Å². The second-order valence-electron chi connectivity index (χ2n) is 8.90. The number of hydrogen-bond acceptors (Lipinski definition) is 1. The Morgan fingerprint density at radius 3 is 1.33 bits per heavy atom. The maximum atomic E-state index is 6.72.